The van der Waals surface area contributed by atoms with Crippen molar-refractivity contribution in [3.05, 3.63) is 12.0 Å². The molecule has 17 nitrogen and oxygen atoms in total. The molecule has 0 radical (unpaired) electrons. The highest BCUT2D eigenvalue weighted by Crippen LogP contribution is 2.63. The van der Waals surface area contributed by atoms with Crippen molar-refractivity contribution in [3.8, 4) is 0 Å². The van der Waals surface area contributed by atoms with Gasteiger partial charge in [0.15, 0.2) is 0 Å². The second kappa shape index (κ2) is 8.32. The van der Waals surface area contributed by atoms with Crippen LogP contribution in [-0.2, 0) is 37.3 Å². The number of rotatable bonds is 8. The van der Waals surface area contributed by atoms with Crippen LogP contribution in [0.3, 0.4) is 0 Å². The number of ether oxygens (including phenoxy) is 1. The van der Waals surface area contributed by atoms with Crippen molar-refractivity contribution in [3.63, 3.8) is 0 Å². The maximum absolute atomic E-state index is 11.8. The van der Waals surface area contributed by atoms with Gasteiger partial charge in [0.1, 0.15) is 29.0 Å². The number of phosphoric acid groups is 3. The van der Waals surface area contributed by atoms with Crippen LogP contribution >= 0.6 is 23.5 Å². The number of hydrogen-bond donors (Lipinski definition) is 5. The number of fused-ring (bicyclic) bond motifs is 1. The molecule has 6 atom stereocenters. The van der Waals surface area contributed by atoms with E-state index in [1.807, 2.05) is 0 Å². The molecule has 0 bridgehead atoms. The molecule has 0 spiro atoms. The first-order chi connectivity index (χ1) is 14.5. The van der Waals surface area contributed by atoms with Crippen LogP contribution in [0.1, 0.15) is 32.1 Å². The van der Waals surface area contributed by atoms with Gasteiger partial charge in [-0.05, 0) is 13.8 Å². The van der Waals surface area contributed by atoms with Crippen molar-refractivity contribution in [2.24, 2.45) is 10.7 Å². The molecule has 32 heavy (non-hydrogen) atoms. The van der Waals surface area contributed by atoms with Gasteiger partial charge in [-0.1, -0.05) is 0 Å². The number of nitrogens with zero attached hydrogens (tertiary/aromatic N) is 3. The largest absolute Gasteiger partial charge is 0.756 e. The van der Waals surface area contributed by atoms with Crippen molar-refractivity contribution in [1.82, 2.24) is 9.55 Å². The van der Waals surface area contributed by atoms with E-state index in [0.29, 0.717) is 11.5 Å². The molecule has 1 fully saturated rings. The smallest absolute Gasteiger partial charge is 0.476 e. The van der Waals surface area contributed by atoms with E-state index in [4.69, 9.17) is 20.3 Å². The minimum absolute atomic E-state index is 0.0604. The maximum Gasteiger partial charge on any atom is 0.476 e. The Morgan fingerprint density at radius 3 is 2.59 bits per heavy atom. The normalized spacial score (nSPS) is 33.9. The lowest BCUT2D eigenvalue weighted by molar-refractivity contribution is -0.245. The number of anilines is 1. The van der Waals surface area contributed by atoms with E-state index in [1.165, 1.54) is 24.2 Å². The molecule has 1 saturated heterocycles. The summed E-state index contributed by atoms with van der Waals surface area (Å²) in [5, 5.41) is 13.4. The number of phosphoric ester groups is 1. The number of nitrogens with one attached hydrogen (secondary N) is 1. The fourth-order valence-corrected chi connectivity index (χ4v) is 6.30. The first-order valence-corrected chi connectivity index (χ1v) is 13.2. The molecular formula is C12H20N5O12P3-2. The van der Waals surface area contributed by atoms with E-state index in [-0.39, 0.29) is 6.42 Å². The molecule has 2 aliphatic rings. The van der Waals surface area contributed by atoms with Crippen LogP contribution in [0.25, 0.3) is 0 Å². The fraction of sp³-hybridized carbons (Fsp3) is 0.667. The summed E-state index contributed by atoms with van der Waals surface area (Å²) >= 11 is 0. The lowest BCUT2D eigenvalue weighted by Crippen LogP contribution is -2.42. The summed E-state index contributed by atoms with van der Waals surface area (Å²) < 4.78 is 52.6. The molecule has 182 valence electrons. The molecule has 0 saturated carbocycles. The summed E-state index contributed by atoms with van der Waals surface area (Å²) in [4.78, 5) is 48.3. The molecule has 0 aromatic carbocycles. The summed E-state index contributed by atoms with van der Waals surface area (Å²) in [5.41, 5.74) is 3.32. The van der Waals surface area contributed by atoms with Gasteiger partial charge in [0.2, 0.25) is 0 Å². The van der Waals surface area contributed by atoms with Crippen molar-refractivity contribution in [1.29, 1.82) is 0 Å². The SMILES string of the molecule is C[C@]1(COP(=O)([O-])OP(=O)([O-])OP(=O)(O)O)O[C@@](C)(n2cnc3c2NC=NC3N)CC1O. The van der Waals surface area contributed by atoms with Gasteiger partial charge >= 0.3 is 7.82 Å². The van der Waals surface area contributed by atoms with Gasteiger partial charge in [0.05, 0.1) is 25.4 Å². The number of nitrogens with two attached hydrogens (primary N) is 1. The Hall–Kier alpha value is -1.03. The van der Waals surface area contributed by atoms with Gasteiger partial charge < -0.3 is 45.0 Å². The first kappa shape index (κ1) is 25.6. The van der Waals surface area contributed by atoms with E-state index in [0.717, 1.165) is 0 Å². The van der Waals surface area contributed by atoms with Crippen LogP contribution in [0.15, 0.2) is 11.3 Å². The summed E-state index contributed by atoms with van der Waals surface area (Å²) in [6.07, 6.45) is 0.657. The standard InChI is InChI=1S/C12H22N5O12P3/c1-11(4-26-31(22,23)29-32(24,25)28-30(19,20)21)7(18)3-12(2,27-11)17-6-16-8-9(13)14-5-15-10(8)17/h5-7,9,18H,3-4,13H2,1-2H3,(H,14,15)(H,22,23)(H,24,25)(H2,19,20,21)/p-2/t7?,9?,11-,12-/m1/s1. The highest BCUT2D eigenvalue weighted by molar-refractivity contribution is 7.65. The molecular weight excluding hydrogens is 499 g/mol. The quantitative estimate of drug-likeness (QED) is 0.247. The van der Waals surface area contributed by atoms with Crippen molar-refractivity contribution >= 4 is 35.6 Å². The van der Waals surface area contributed by atoms with Gasteiger partial charge in [-0.25, -0.2) is 18.2 Å². The number of hydrogen-bond acceptors (Lipinski definition) is 14. The monoisotopic (exact) mass is 519 g/mol. The highest BCUT2D eigenvalue weighted by Gasteiger charge is 2.53. The van der Waals surface area contributed by atoms with Crippen LogP contribution in [-0.4, -0.2) is 49.1 Å². The van der Waals surface area contributed by atoms with E-state index in [2.05, 4.69) is 28.4 Å². The van der Waals surface area contributed by atoms with E-state index >= 15 is 0 Å². The second-order valence-electron chi connectivity index (χ2n) is 7.35. The Morgan fingerprint density at radius 2 is 1.97 bits per heavy atom. The molecule has 4 unspecified atom stereocenters. The van der Waals surface area contributed by atoms with Crippen LogP contribution in [0, 0.1) is 0 Å². The van der Waals surface area contributed by atoms with Crippen molar-refractivity contribution in [2.75, 3.05) is 11.9 Å². The second-order valence-corrected chi connectivity index (χ2v) is 11.7. The Morgan fingerprint density at radius 1 is 1.31 bits per heavy atom. The average molecular weight is 519 g/mol. The van der Waals surface area contributed by atoms with Gasteiger partial charge in [0.25, 0.3) is 15.6 Å². The Labute approximate surface area is 180 Å². The topological polar surface area (TPSA) is 263 Å². The lowest BCUT2D eigenvalue weighted by Gasteiger charge is -2.35. The summed E-state index contributed by atoms with van der Waals surface area (Å²) in [7, 11) is -17.3. The average Bonchev–Trinajstić information content (AvgIpc) is 3.12. The number of aliphatic imine (C=N–C) groups is 1. The van der Waals surface area contributed by atoms with Crippen LogP contribution in [0.5, 0.6) is 0 Å². The molecule has 2 aliphatic heterocycles. The molecule has 3 rings (SSSR count). The Balaban J connectivity index is 1.73. The molecule has 6 N–H and O–H groups in total. The third kappa shape index (κ3) is 5.54. The molecule has 1 aromatic heterocycles. The van der Waals surface area contributed by atoms with Crippen LogP contribution < -0.4 is 20.8 Å². The zero-order chi connectivity index (χ0) is 24.2. The molecule has 20 heteroatoms. The number of aliphatic hydroxyl groups excluding tert-OH is 1. The zero-order valence-electron chi connectivity index (χ0n) is 16.5. The van der Waals surface area contributed by atoms with Crippen LogP contribution in [0.4, 0.5) is 5.82 Å². The molecule has 3 heterocycles. The predicted molar refractivity (Wildman–Crippen MR) is 100 cm³/mol. The van der Waals surface area contributed by atoms with Gasteiger partial charge in [-0.2, -0.15) is 0 Å². The van der Waals surface area contributed by atoms with Gasteiger partial charge in [-0.3, -0.25) is 18.7 Å². The minimum Gasteiger partial charge on any atom is -0.756 e. The van der Waals surface area contributed by atoms with Crippen LogP contribution in [0.2, 0.25) is 0 Å². The van der Waals surface area contributed by atoms with E-state index < -0.39 is 53.7 Å². The van der Waals surface area contributed by atoms with Gasteiger partial charge in [-0.15, -0.1) is 0 Å². The number of aromatic nitrogens is 2. The lowest BCUT2D eigenvalue weighted by atomic mass is 9.98. The third-order valence-electron chi connectivity index (χ3n) is 4.67. The number of imidazole rings is 1. The Kier molecular flexibility index (Phi) is 6.66. The van der Waals surface area contributed by atoms with E-state index in [1.54, 1.807) is 6.92 Å². The molecule has 0 aliphatic carbocycles. The van der Waals surface area contributed by atoms with E-state index in [9.17, 15) is 28.6 Å². The highest BCUT2D eigenvalue weighted by atomic mass is 31.3. The fourth-order valence-electron chi connectivity index (χ4n) is 3.29. The first-order valence-electron chi connectivity index (χ1n) is 8.70. The van der Waals surface area contributed by atoms with Crippen molar-refractivity contribution < 1.29 is 56.3 Å². The Bertz CT molecular complexity index is 1060. The van der Waals surface area contributed by atoms with Crippen molar-refractivity contribution in [2.45, 2.75) is 43.9 Å². The zero-order valence-corrected chi connectivity index (χ0v) is 19.2. The molecule has 0 amide bonds. The summed E-state index contributed by atoms with van der Waals surface area (Å²) in [6.45, 7) is 1.97. The summed E-state index contributed by atoms with van der Waals surface area (Å²) in [6, 6.07) is 0. The number of aliphatic hydroxyl groups is 1. The maximum atomic E-state index is 11.8. The third-order valence-corrected chi connectivity index (χ3v) is 8.36. The predicted octanol–water partition coefficient (Wildman–Crippen LogP) is -1.41. The minimum atomic E-state index is -5.98. The summed E-state index contributed by atoms with van der Waals surface area (Å²) in [5.74, 6) is 0.437. The molecule has 1 aromatic rings. The van der Waals surface area contributed by atoms with Gasteiger partial charge in [0, 0.05) is 6.42 Å².